The third-order valence-electron chi connectivity index (χ3n) is 5.51. The maximum absolute atomic E-state index is 12.9. The molecule has 1 amide bonds. The summed E-state index contributed by atoms with van der Waals surface area (Å²) < 4.78 is 44.5. The molecule has 2 heterocycles. The Bertz CT molecular complexity index is 1090. The van der Waals surface area contributed by atoms with E-state index in [1.165, 1.54) is 12.1 Å². The van der Waals surface area contributed by atoms with Gasteiger partial charge in [0.25, 0.3) is 0 Å². The molecule has 33 heavy (non-hydrogen) atoms. The SMILES string of the molecule is O=C(NCc1ccccn1)C1CCN(Cc2cccc(Oc3cccc(C(F)(F)F)c3)c2)C1. The van der Waals surface area contributed by atoms with Gasteiger partial charge in [0.15, 0.2) is 0 Å². The van der Waals surface area contributed by atoms with Crippen molar-refractivity contribution in [2.24, 2.45) is 5.92 Å². The summed E-state index contributed by atoms with van der Waals surface area (Å²) in [5.41, 5.74) is 1.04. The van der Waals surface area contributed by atoms with Gasteiger partial charge < -0.3 is 10.1 Å². The quantitative estimate of drug-likeness (QED) is 0.543. The third-order valence-corrected chi connectivity index (χ3v) is 5.51. The highest BCUT2D eigenvalue weighted by molar-refractivity contribution is 5.79. The summed E-state index contributed by atoms with van der Waals surface area (Å²) in [5, 5.41) is 2.95. The number of hydrogen-bond donors (Lipinski definition) is 1. The molecule has 4 rings (SSSR count). The van der Waals surface area contributed by atoms with Gasteiger partial charge in [-0.1, -0.05) is 24.3 Å². The monoisotopic (exact) mass is 455 g/mol. The highest BCUT2D eigenvalue weighted by Gasteiger charge is 2.31. The van der Waals surface area contributed by atoms with Crippen LogP contribution < -0.4 is 10.1 Å². The summed E-state index contributed by atoms with van der Waals surface area (Å²) in [6, 6.07) is 17.7. The number of likely N-dealkylation sites (tertiary alicyclic amines) is 1. The zero-order valence-corrected chi connectivity index (χ0v) is 17.9. The van der Waals surface area contributed by atoms with Gasteiger partial charge in [-0.3, -0.25) is 14.7 Å². The van der Waals surface area contributed by atoms with E-state index in [4.69, 9.17) is 4.74 Å². The second-order valence-electron chi connectivity index (χ2n) is 8.03. The van der Waals surface area contributed by atoms with Crippen LogP contribution in [0, 0.1) is 5.92 Å². The van der Waals surface area contributed by atoms with Crippen molar-refractivity contribution in [2.45, 2.75) is 25.7 Å². The first-order valence-electron chi connectivity index (χ1n) is 10.7. The number of alkyl halides is 3. The van der Waals surface area contributed by atoms with Crippen LogP contribution in [0.2, 0.25) is 0 Å². The van der Waals surface area contributed by atoms with E-state index < -0.39 is 11.7 Å². The number of amides is 1. The Kier molecular flexibility index (Phi) is 6.93. The van der Waals surface area contributed by atoms with Crippen molar-refractivity contribution >= 4 is 5.91 Å². The Hall–Kier alpha value is -3.39. The average Bonchev–Trinajstić information content (AvgIpc) is 3.27. The minimum atomic E-state index is -4.42. The number of carbonyl (C=O) groups excluding carboxylic acids is 1. The van der Waals surface area contributed by atoms with Gasteiger partial charge in [-0.25, -0.2) is 0 Å². The number of halogens is 3. The molecule has 1 unspecified atom stereocenters. The first-order valence-corrected chi connectivity index (χ1v) is 10.7. The third kappa shape index (κ3) is 6.32. The molecule has 2 aromatic carbocycles. The lowest BCUT2D eigenvalue weighted by Crippen LogP contribution is -2.32. The Labute approximate surface area is 190 Å². The Morgan fingerprint density at radius 3 is 2.61 bits per heavy atom. The van der Waals surface area contributed by atoms with Crippen LogP contribution in [0.5, 0.6) is 11.5 Å². The van der Waals surface area contributed by atoms with Gasteiger partial charge in [-0.15, -0.1) is 0 Å². The van der Waals surface area contributed by atoms with E-state index >= 15 is 0 Å². The van der Waals surface area contributed by atoms with Crippen LogP contribution in [-0.2, 0) is 24.1 Å². The van der Waals surface area contributed by atoms with E-state index in [-0.39, 0.29) is 17.6 Å². The lowest BCUT2D eigenvalue weighted by atomic mass is 10.1. The molecule has 3 aromatic rings. The number of nitrogens with one attached hydrogen (secondary N) is 1. The summed E-state index contributed by atoms with van der Waals surface area (Å²) >= 11 is 0. The molecule has 0 saturated carbocycles. The fourth-order valence-electron chi connectivity index (χ4n) is 3.85. The van der Waals surface area contributed by atoms with E-state index in [0.717, 1.165) is 36.4 Å². The minimum absolute atomic E-state index is 0.0183. The molecule has 1 N–H and O–H groups in total. The predicted molar refractivity (Wildman–Crippen MR) is 117 cm³/mol. The predicted octanol–water partition coefficient (Wildman–Crippen LogP) is 5.03. The zero-order chi connectivity index (χ0) is 23.3. The Morgan fingerprint density at radius 1 is 1.06 bits per heavy atom. The molecule has 8 heteroatoms. The van der Waals surface area contributed by atoms with Crippen LogP contribution >= 0.6 is 0 Å². The van der Waals surface area contributed by atoms with Crippen molar-refractivity contribution in [2.75, 3.05) is 13.1 Å². The number of aromatic nitrogens is 1. The lowest BCUT2D eigenvalue weighted by molar-refractivity contribution is -0.137. The minimum Gasteiger partial charge on any atom is -0.457 e. The van der Waals surface area contributed by atoms with E-state index in [2.05, 4.69) is 15.2 Å². The van der Waals surface area contributed by atoms with Gasteiger partial charge in [0, 0.05) is 19.3 Å². The molecule has 1 aromatic heterocycles. The van der Waals surface area contributed by atoms with E-state index in [1.54, 1.807) is 12.3 Å². The van der Waals surface area contributed by atoms with Crippen LogP contribution in [0.4, 0.5) is 13.2 Å². The summed E-state index contributed by atoms with van der Waals surface area (Å²) in [6.07, 6.45) is -1.95. The average molecular weight is 455 g/mol. The molecule has 0 spiro atoms. The number of ether oxygens (including phenoxy) is 1. The van der Waals surface area contributed by atoms with Gasteiger partial charge in [0.2, 0.25) is 5.91 Å². The molecule has 0 aliphatic carbocycles. The fourth-order valence-corrected chi connectivity index (χ4v) is 3.85. The lowest BCUT2D eigenvalue weighted by Gasteiger charge is -2.17. The van der Waals surface area contributed by atoms with Gasteiger partial charge in [-0.05, 0) is 61.0 Å². The molecule has 5 nitrogen and oxygen atoms in total. The molecule has 1 aliphatic heterocycles. The number of benzene rings is 2. The van der Waals surface area contributed by atoms with Crippen LogP contribution in [0.3, 0.4) is 0 Å². The molecule has 172 valence electrons. The van der Waals surface area contributed by atoms with Crippen molar-refractivity contribution in [3.8, 4) is 11.5 Å². The smallest absolute Gasteiger partial charge is 0.416 e. The topological polar surface area (TPSA) is 54.5 Å². The zero-order valence-electron chi connectivity index (χ0n) is 17.9. The summed E-state index contributed by atoms with van der Waals surface area (Å²) in [5.74, 6) is 0.534. The highest BCUT2D eigenvalue weighted by Crippen LogP contribution is 2.33. The molecule has 0 bridgehead atoms. The van der Waals surface area contributed by atoms with Gasteiger partial charge >= 0.3 is 6.18 Å². The molecular weight excluding hydrogens is 431 g/mol. The molecule has 1 aliphatic rings. The number of pyridine rings is 1. The maximum atomic E-state index is 12.9. The summed E-state index contributed by atoms with van der Waals surface area (Å²) in [7, 11) is 0. The number of carbonyl (C=O) groups is 1. The molecule has 1 atom stereocenters. The first-order chi connectivity index (χ1) is 15.9. The van der Waals surface area contributed by atoms with Crippen LogP contribution in [-0.4, -0.2) is 28.9 Å². The second kappa shape index (κ2) is 10.0. The van der Waals surface area contributed by atoms with E-state index in [9.17, 15) is 18.0 Å². The van der Waals surface area contributed by atoms with Crippen LogP contribution in [0.1, 0.15) is 23.2 Å². The Balaban J connectivity index is 1.31. The van der Waals surface area contributed by atoms with Crippen molar-refractivity contribution in [1.29, 1.82) is 0 Å². The van der Waals surface area contributed by atoms with Crippen LogP contribution in [0.25, 0.3) is 0 Å². The number of rotatable bonds is 7. The first kappa shape index (κ1) is 22.8. The number of hydrogen-bond acceptors (Lipinski definition) is 4. The molecule has 0 radical (unpaired) electrons. The van der Waals surface area contributed by atoms with Crippen molar-refractivity contribution in [3.63, 3.8) is 0 Å². The molecule has 1 saturated heterocycles. The molecular formula is C25H24F3N3O2. The van der Waals surface area contributed by atoms with Crippen molar-refractivity contribution < 1.29 is 22.7 Å². The molecule has 1 fully saturated rings. The Morgan fingerprint density at radius 2 is 1.85 bits per heavy atom. The normalized spacial score (nSPS) is 16.5. The van der Waals surface area contributed by atoms with Crippen molar-refractivity contribution in [1.82, 2.24) is 15.2 Å². The maximum Gasteiger partial charge on any atom is 0.416 e. The van der Waals surface area contributed by atoms with Crippen molar-refractivity contribution in [3.05, 3.63) is 89.7 Å². The fraction of sp³-hybridized carbons (Fsp3) is 0.280. The number of nitrogens with zero attached hydrogens (tertiary/aromatic N) is 2. The largest absolute Gasteiger partial charge is 0.457 e. The summed E-state index contributed by atoms with van der Waals surface area (Å²) in [6.45, 7) is 2.47. The van der Waals surface area contributed by atoms with E-state index in [0.29, 0.717) is 25.4 Å². The highest BCUT2D eigenvalue weighted by atomic mass is 19.4. The van der Waals surface area contributed by atoms with Gasteiger partial charge in [0.1, 0.15) is 11.5 Å². The second-order valence-corrected chi connectivity index (χ2v) is 8.03. The summed E-state index contributed by atoms with van der Waals surface area (Å²) in [4.78, 5) is 18.9. The van der Waals surface area contributed by atoms with Gasteiger partial charge in [-0.2, -0.15) is 13.2 Å². The standard InChI is InChI=1S/C25H24F3N3O2/c26-25(27,28)20-6-4-9-23(14-20)33-22-8-3-5-18(13-22)16-31-12-10-19(17-31)24(32)30-15-21-7-1-2-11-29-21/h1-9,11,13-14,19H,10,12,15-17H2,(H,30,32). The van der Waals surface area contributed by atoms with Gasteiger partial charge in [0.05, 0.1) is 23.7 Å². The van der Waals surface area contributed by atoms with Crippen LogP contribution in [0.15, 0.2) is 72.9 Å². The van der Waals surface area contributed by atoms with E-state index in [1.807, 2.05) is 36.4 Å².